The molecule has 32 heavy (non-hydrogen) atoms. The van der Waals surface area contributed by atoms with E-state index in [0.29, 0.717) is 33.0 Å². The molecule has 6 nitrogen and oxygen atoms in total. The van der Waals surface area contributed by atoms with Crippen LogP contribution in [0.25, 0.3) is 21.0 Å². The first-order chi connectivity index (χ1) is 15.5. The Balaban J connectivity index is 1.55. The van der Waals surface area contributed by atoms with Gasteiger partial charge in [-0.3, -0.25) is 9.78 Å². The number of nitrogen functional groups attached to an aromatic ring is 1. The molecule has 0 unspecified atom stereocenters. The first-order valence-corrected chi connectivity index (χ1v) is 11.2. The molecule has 0 saturated heterocycles. The second kappa shape index (κ2) is 8.18. The van der Waals surface area contributed by atoms with Crippen molar-refractivity contribution in [2.24, 2.45) is 0 Å². The molecular formula is C24H18ClN5OS. The molecule has 3 N–H and O–H groups in total. The minimum absolute atomic E-state index is 0.241. The number of carbonyl (C=O) groups is 1. The van der Waals surface area contributed by atoms with Crippen LogP contribution in [0.5, 0.6) is 0 Å². The summed E-state index contributed by atoms with van der Waals surface area (Å²) in [5.41, 5.74) is 10.5. The van der Waals surface area contributed by atoms with Gasteiger partial charge < -0.3 is 11.1 Å². The van der Waals surface area contributed by atoms with Crippen LogP contribution in [0.2, 0.25) is 5.02 Å². The third-order valence-electron chi connectivity index (χ3n) is 5.42. The van der Waals surface area contributed by atoms with Gasteiger partial charge in [0.05, 0.1) is 27.2 Å². The number of halogens is 1. The average molecular weight is 460 g/mol. The summed E-state index contributed by atoms with van der Waals surface area (Å²) in [7, 11) is 0. The zero-order valence-electron chi connectivity index (χ0n) is 17.1. The van der Waals surface area contributed by atoms with Crippen molar-refractivity contribution in [2.75, 3.05) is 11.1 Å². The molecule has 0 spiro atoms. The van der Waals surface area contributed by atoms with E-state index in [1.807, 2.05) is 49.4 Å². The maximum atomic E-state index is 13.2. The fourth-order valence-electron chi connectivity index (χ4n) is 3.76. The normalized spacial score (nSPS) is 11.2. The summed E-state index contributed by atoms with van der Waals surface area (Å²) in [5, 5.41) is 7.44. The monoisotopic (exact) mass is 459 g/mol. The standard InChI is InChI=1S/C24H18ClN5OS/c1-13-6-7-15-16(8-9-27-19(15)10-14-4-2-3-5-18(14)25)20(13)30-24(31)17-11-32-22-21(17)28-12-29-23(22)26/h2-9,11-12H,10H2,1H3,(H,30,31)(H2,26,28,29). The lowest BCUT2D eigenvalue weighted by molar-refractivity contribution is 0.102. The molecule has 2 aromatic carbocycles. The van der Waals surface area contributed by atoms with E-state index in [0.717, 1.165) is 33.3 Å². The number of nitrogens with zero attached hydrogens (tertiary/aromatic N) is 3. The largest absolute Gasteiger partial charge is 0.382 e. The predicted molar refractivity (Wildman–Crippen MR) is 131 cm³/mol. The minimum atomic E-state index is -0.241. The van der Waals surface area contributed by atoms with Crippen molar-refractivity contribution >= 4 is 61.3 Å². The molecule has 3 heterocycles. The van der Waals surface area contributed by atoms with Gasteiger partial charge in [0.15, 0.2) is 0 Å². The van der Waals surface area contributed by atoms with Crippen LogP contribution in [-0.4, -0.2) is 20.9 Å². The molecule has 0 aliphatic heterocycles. The van der Waals surface area contributed by atoms with Crippen molar-refractivity contribution in [2.45, 2.75) is 13.3 Å². The predicted octanol–water partition coefficient (Wildman–Crippen LogP) is 5.63. The number of hydrogen-bond acceptors (Lipinski definition) is 6. The van der Waals surface area contributed by atoms with Crippen molar-refractivity contribution < 1.29 is 4.79 Å². The topological polar surface area (TPSA) is 93.8 Å². The number of amides is 1. The van der Waals surface area contributed by atoms with Crippen molar-refractivity contribution in [3.05, 3.63) is 87.8 Å². The van der Waals surface area contributed by atoms with Crippen LogP contribution in [0, 0.1) is 6.92 Å². The Morgan fingerprint density at radius 1 is 1.09 bits per heavy atom. The Kier molecular flexibility index (Phi) is 5.20. The number of hydrogen-bond donors (Lipinski definition) is 2. The number of pyridine rings is 1. The number of rotatable bonds is 4. The molecule has 0 aliphatic rings. The number of aromatic nitrogens is 3. The van der Waals surface area contributed by atoms with Crippen molar-refractivity contribution in [1.29, 1.82) is 0 Å². The van der Waals surface area contributed by atoms with Crippen molar-refractivity contribution in [3.8, 4) is 0 Å². The fraction of sp³-hybridized carbons (Fsp3) is 0.0833. The Hall–Kier alpha value is -3.55. The highest BCUT2D eigenvalue weighted by molar-refractivity contribution is 7.18. The number of nitrogens with one attached hydrogen (secondary N) is 1. The molecule has 0 saturated carbocycles. The van der Waals surface area contributed by atoms with E-state index in [2.05, 4.69) is 20.3 Å². The number of nitrogens with two attached hydrogens (primary N) is 1. The second-order valence-corrected chi connectivity index (χ2v) is 8.71. The van der Waals surface area contributed by atoms with E-state index in [4.69, 9.17) is 17.3 Å². The van der Waals surface area contributed by atoms with Crippen LogP contribution in [-0.2, 0) is 6.42 Å². The Bertz CT molecular complexity index is 1500. The summed E-state index contributed by atoms with van der Waals surface area (Å²) in [6.45, 7) is 1.97. The number of fused-ring (bicyclic) bond motifs is 2. The molecule has 0 aliphatic carbocycles. The average Bonchev–Trinajstić information content (AvgIpc) is 3.23. The molecule has 158 valence electrons. The molecule has 1 amide bonds. The van der Waals surface area contributed by atoms with Crippen molar-refractivity contribution in [1.82, 2.24) is 15.0 Å². The molecule has 5 rings (SSSR count). The van der Waals surface area contributed by atoms with E-state index in [1.54, 1.807) is 11.6 Å². The Morgan fingerprint density at radius 2 is 1.94 bits per heavy atom. The van der Waals surface area contributed by atoms with E-state index in [-0.39, 0.29) is 5.91 Å². The molecule has 3 aromatic heterocycles. The summed E-state index contributed by atoms with van der Waals surface area (Å²) in [6.07, 6.45) is 3.73. The van der Waals surface area contributed by atoms with Gasteiger partial charge in [-0.05, 0) is 30.2 Å². The van der Waals surface area contributed by atoms with E-state index in [1.165, 1.54) is 17.7 Å². The second-order valence-electron chi connectivity index (χ2n) is 7.42. The van der Waals surface area contributed by atoms with Crippen LogP contribution < -0.4 is 11.1 Å². The number of carbonyl (C=O) groups excluding carboxylic acids is 1. The number of aryl methyl sites for hydroxylation is 1. The zero-order chi connectivity index (χ0) is 22.2. The minimum Gasteiger partial charge on any atom is -0.382 e. The smallest absolute Gasteiger partial charge is 0.258 e. The first-order valence-electron chi connectivity index (χ1n) is 9.92. The SMILES string of the molecule is Cc1ccc2c(Cc3ccccc3Cl)nccc2c1NC(=O)c1csc2c(N)ncnc12. The van der Waals surface area contributed by atoms with E-state index >= 15 is 0 Å². The lowest BCUT2D eigenvalue weighted by Gasteiger charge is -2.14. The molecule has 0 atom stereocenters. The van der Waals surface area contributed by atoms with Gasteiger partial charge in [-0.1, -0.05) is 41.9 Å². The van der Waals surface area contributed by atoms with E-state index < -0.39 is 0 Å². The summed E-state index contributed by atoms with van der Waals surface area (Å²) < 4.78 is 0.707. The molecule has 0 fully saturated rings. The van der Waals surface area contributed by atoms with Crippen molar-refractivity contribution in [3.63, 3.8) is 0 Å². The van der Waals surface area contributed by atoms with Crippen LogP contribution >= 0.6 is 22.9 Å². The third-order valence-corrected chi connectivity index (χ3v) is 6.78. The van der Waals surface area contributed by atoms with Crippen LogP contribution in [0.4, 0.5) is 11.5 Å². The first kappa shape index (κ1) is 20.4. The fourth-order valence-corrected chi connectivity index (χ4v) is 4.87. The van der Waals surface area contributed by atoms with Gasteiger partial charge in [0.1, 0.15) is 12.1 Å². The van der Waals surface area contributed by atoms with Crippen LogP contribution in [0.1, 0.15) is 27.2 Å². The maximum Gasteiger partial charge on any atom is 0.258 e. The quantitative estimate of drug-likeness (QED) is 0.363. The molecular weight excluding hydrogens is 442 g/mol. The highest BCUT2D eigenvalue weighted by atomic mass is 35.5. The summed E-state index contributed by atoms with van der Waals surface area (Å²) >= 11 is 7.72. The molecule has 5 aromatic rings. The van der Waals surface area contributed by atoms with Gasteiger partial charge >= 0.3 is 0 Å². The Morgan fingerprint density at radius 3 is 2.78 bits per heavy atom. The van der Waals surface area contributed by atoms with Gasteiger partial charge in [-0.15, -0.1) is 11.3 Å². The summed E-state index contributed by atoms with van der Waals surface area (Å²) in [5.74, 6) is 0.130. The highest BCUT2D eigenvalue weighted by Crippen LogP contribution is 2.32. The van der Waals surface area contributed by atoms with Crippen LogP contribution in [0.15, 0.2) is 60.4 Å². The number of benzene rings is 2. The lowest BCUT2D eigenvalue weighted by Crippen LogP contribution is -2.13. The van der Waals surface area contributed by atoms with Crippen LogP contribution in [0.3, 0.4) is 0 Å². The van der Waals surface area contributed by atoms with Gasteiger partial charge in [0.25, 0.3) is 5.91 Å². The summed E-state index contributed by atoms with van der Waals surface area (Å²) in [6, 6.07) is 13.7. The van der Waals surface area contributed by atoms with Gasteiger partial charge in [-0.25, -0.2) is 9.97 Å². The lowest BCUT2D eigenvalue weighted by atomic mass is 10.00. The Labute approximate surface area is 193 Å². The highest BCUT2D eigenvalue weighted by Gasteiger charge is 2.18. The molecule has 0 radical (unpaired) electrons. The molecule has 8 heteroatoms. The summed E-state index contributed by atoms with van der Waals surface area (Å²) in [4.78, 5) is 26.0. The number of anilines is 2. The van der Waals surface area contributed by atoms with Gasteiger partial charge in [0.2, 0.25) is 0 Å². The van der Waals surface area contributed by atoms with Gasteiger partial charge in [0, 0.05) is 33.8 Å². The molecule has 0 bridgehead atoms. The van der Waals surface area contributed by atoms with E-state index in [9.17, 15) is 4.79 Å². The number of thiophene rings is 1. The maximum absolute atomic E-state index is 13.2. The zero-order valence-corrected chi connectivity index (χ0v) is 18.7. The third kappa shape index (κ3) is 3.55. The van der Waals surface area contributed by atoms with Gasteiger partial charge in [-0.2, -0.15) is 0 Å².